The molecular formula is C21H20N4OS. The Morgan fingerprint density at radius 2 is 1.93 bits per heavy atom. The van der Waals surface area contributed by atoms with E-state index in [2.05, 4.69) is 57.3 Å². The van der Waals surface area contributed by atoms with E-state index in [-0.39, 0.29) is 5.91 Å². The first-order valence-electron chi connectivity index (χ1n) is 8.89. The van der Waals surface area contributed by atoms with Crippen molar-refractivity contribution >= 4 is 33.3 Å². The second kappa shape index (κ2) is 7.72. The molecule has 0 spiro atoms. The number of carbonyl (C=O) groups excluding carboxylic acids is 1. The Balaban J connectivity index is 1.35. The summed E-state index contributed by atoms with van der Waals surface area (Å²) in [5.41, 5.74) is 3.58. The van der Waals surface area contributed by atoms with Gasteiger partial charge in [-0.3, -0.25) is 4.79 Å². The second-order valence-electron chi connectivity index (χ2n) is 6.48. The number of amides is 1. The van der Waals surface area contributed by atoms with Crippen LogP contribution in [0, 0.1) is 6.92 Å². The van der Waals surface area contributed by atoms with E-state index in [1.165, 1.54) is 27.8 Å². The molecule has 1 amide bonds. The summed E-state index contributed by atoms with van der Waals surface area (Å²) in [6.07, 6.45) is 3.16. The van der Waals surface area contributed by atoms with Crippen LogP contribution in [-0.4, -0.2) is 20.7 Å². The molecule has 6 heteroatoms. The Morgan fingerprint density at radius 3 is 2.78 bits per heavy atom. The lowest BCUT2D eigenvalue weighted by Gasteiger charge is -2.06. The Morgan fingerprint density at radius 1 is 1.07 bits per heavy atom. The fourth-order valence-electron chi connectivity index (χ4n) is 3.12. The van der Waals surface area contributed by atoms with Crippen LogP contribution < -0.4 is 5.32 Å². The topological polar surface area (TPSA) is 59.8 Å². The Bertz CT molecular complexity index is 1070. The van der Waals surface area contributed by atoms with Gasteiger partial charge in [0.1, 0.15) is 5.01 Å². The minimum absolute atomic E-state index is 0.0492. The van der Waals surface area contributed by atoms with Crippen molar-refractivity contribution in [2.24, 2.45) is 0 Å². The van der Waals surface area contributed by atoms with E-state index in [0.717, 1.165) is 16.9 Å². The van der Waals surface area contributed by atoms with Gasteiger partial charge < -0.3 is 9.88 Å². The van der Waals surface area contributed by atoms with Crippen LogP contribution in [-0.2, 0) is 17.8 Å². The number of rotatable bonds is 6. The molecular weight excluding hydrogens is 356 g/mol. The second-order valence-corrected chi connectivity index (χ2v) is 7.54. The van der Waals surface area contributed by atoms with Gasteiger partial charge in [-0.2, -0.15) is 0 Å². The molecule has 0 saturated heterocycles. The van der Waals surface area contributed by atoms with Gasteiger partial charge in [0.05, 0.1) is 0 Å². The zero-order valence-corrected chi connectivity index (χ0v) is 15.9. The summed E-state index contributed by atoms with van der Waals surface area (Å²) in [6.45, 7) is 2.73. The van der Waals surface area contributed by atoms with Crippen LogP contribution in [0.3, 0.4) is 0 Å². The van der Waals surface area contributed by atoms with Gasteiger partial charge in [-0.25, -0.2) is 0 Å². The van der Waals surface area contributed by atoms with E-state index in [1.54, 1.807) is 0 Å². The average Bonchev–Trinajstić information content (AvgIpc) is 3.28. The number of aryl methyl sites for hydroxylation is 2. The fourth-order valence-corrected chi connectivity index (χ4v) is 3.91. The highest BCUT2D eigenvalue weighted by atomic mass is 32.1. The zero-order valence-electron chi connectivity index (χ0n) is 15.1. The minimum Gasteiger partial charge on any atom is -0.347 e. The molecule has 0 atom stereocenters. The standard InChI is InChI=1S/C21H20N4OS/c1-15-6-5-9-18-17(15)10-12-25(18)13-11-19(26)22-21-24-23-20(27-21)14-16-7-3-2-4-8-16/h2-10,12H,11,13-14H2,1H3,(H,22,24,26). The quantitative estimate of drug-likeness (QED) is 0.542. The predicted octanol–water partition coefficient (Wildman–Crippen LogP) is 4.42. The summed E-state index contributed by atoms with van der Waals surface area (Å²) in [5.74, 6) is -0.0492. The molecule has 2 aromatic heterocycles. The van der Waals surface area contributed by atoms with Crippen molar-refractivity contribution in [1.82, 2.24) is 14.8 Å². The number of fused-ring (bicyclic) bond motifs is 1. The number of benzene rings is 2. The third-order valence-electron chi connectivity index (χ3n) is 4.52. The summed E-state index contributed by atoms with van der Waals surface area (Å²) in [5, 5.41) is 13.8. The Kier molecular flexibility index (Phi) is 4.98. The maximum absolute atomic E-state index is 12.3. The van der Waals surface area contributed by atoms with E-state index in [0.29, 0.717) is 18.1 Å². The molecule has 136 valence electrons. The van der Waals surface area contributed by atoms with Crippen molar-refractivity contribution in [3.05, 3.63) is 76.9 Å². The third kappa shape index (κ3) is 4.06. The highest BCUT2D eigenvalue weighted by Gasteiger charge is 2.10. The third-order valence-corrected chi connectivity index (χ3v) is 5.36. The van der Waals surface area contributed by atoms with Crippen molar-refractivity contribution in [3.63, 3.8) is 0 Å². The van der Waals surface area contributed by atoms with Gasteiger partial charge in [0.2, 0.25) is 11.0 Å². The van der Waals surface area contributed by atoms with E-state index in [1.807, 2.05) is 30.5 Å². The van der Waals surface area contributed by atoms with Crippen LogP contribution >= 0.6 is 11.3 Å². The molecule has 2 aromatic carbocycles. The molecule has 27 heavy (non-hydrogen) atoms. The molecule has 1 N–H and O–H groups in total. The van der Waals surface area contributed by atoms with Gasteiger partial charge in [-0.1, -0.05) is 53.8 Å². The number of aromatic nitrogens is 3. The van der Waals surface area contributed by atoms with Gasteiger partial charge in [-0.05, 0) is 30.2 Å². The molecule has 4 aromatic rings. The molecule has 0 unspecified atom stereocenters. The Labute approximate surface area is 161 Å². The van der Waals surface area contributed by atoms with Crippen molar-refractivity contribution in [1.29, 1.82) is 0 Å². The highest BCUT2D eigenvalue weighted by molar-refractivity contribution is 7.15. The summed E-state index contributed by atoms with van der Waals surface area (Å²) >= 11 is 1.42. The van der Waals surface area contributed by atoms with E-state index in [4.69, 9.17) is 0 Å². The molecule has 5 nitrogen and oxygen atoms in total. The first-order chi connectivity index (χ1) is 13.2. The lowest BCUT2D eigenvalue weighted by molar-refractivity contribution is -0.116. The normalized spacial score (nSPS) is 11.0. The average molecular weight is 376 g/mol. The summed E-state index contributed by atoms with van der Waals surface area (Å²) in [7, 11) is 0. The Hall–Kier alpha value is -2.99. The molecule has 0 bridgehead atoms. The van der Waals surface area contributed by atoms with Crippen LogP contribution in [0.1, 0.15) is 22.6 Å². The smallest absolute Gasteiger partial charge is 0.227 e. The molecule has 2 heterocycles. The number of nitrogens with one attached hydrogen (secondary N) is 1. The van der Waals surface area contributed by atoms with Crippen LogP contribution in [0.2, 0.25) is 0 Å². The van der Waals surface area contributed by atoms with Gasteiger partial charge in [0.15, 0.2) is 0 Å². The van der Waals surface area contributed by atoms with Crippen molar-refractivity contribution in [2.75, 3.05) is 5.32 Å². The largest absolute Gasteiger partial charge is 0.347 e. The molecule has 0 aliphatic rings. The predicted molar refractivity (Wildman–Crippen MR) is 109 cm³/mol. The zero-order chi connectivity index (χ0) is 18.6. The van der Waals surface area contributed by atoms with Gasteiger partial charge in [0.25, 0.3) is 0 Å². The summed E-state index contributed by atoms with van der Waals surface area (Å²) in [4.78, 5) is 12.3. The number of hydrogen-bond donors (Lipinski definition) is 1. The van der Waals surface area contributed by atoms with E-state index >= 15 is 0 Å². The summed E-state index contributed by atoms with van der Waals surface area (Å²) in [6, 6.07) is 18.4. The first-order valence-corrected chi connectivity index (χ1v) is 9.71. The number of nitrogens with zero attached hydrogens (tertiary/aromatic N) is 3. The van der Waals surface area contributed by atoms with E-state index < -0.39 is 0 Å². The van der Waals surface area contributed by atoms with Crippen molar-refractivity contribution < 1.29 is 4.79 Å². The number of carbonyl (C=O) groups is 1. The molecule has 0 radical (unpaired) electrons. The van der Waals surface area contributed by atoms with Crippen LogP contribution in [0.15, 0.2) is 60.8 Å². The maximum Gasteiger partial charge on any atom is 0.227 e. The maximum atomic E-state index is 12.3. The van der Waals surface area contributed by atoms with Gasteiger partial charge in [0, 0.05) is 36.5 Å². The van der Waals surface area contributed by atoms with Crippen LogP contribution in [0.4, 0.5) is 5.13 Å². The van der Waals surface area contributed by atoms with Gasteiger partial charge in [-0.15, -0.1) is 10.2 Å². The highest BCUT2D eigenvalue weighted by Crippen LogP contribution is 2.21. The molecule has 0 saturated carbocycles. The van der Waals surface area contributed by atoms with Gasteiger partial charge >= 0.3 is 0 Å². The SMILES string of the molecule is Cc1cccc2c1ccn2CCC(=O)Nc1nnc(Cc2ccccc2)s1. The first kappa shape index (κ1) is 17.4. The summed E-state index contributed by atoms with van der Waals surface area (Å²) < 4.78 is 2.11. The number of hydrogen-bond acceptors (Lipinski definition) is 4. The van der Waals surface area contributed by atoms with Crippen LogP contribution in [0.25, 0.3) is 10.9 Å². The molecule has 0 fully saturated rings. The molecule has 4 rings (SSSR count). The monoisotopic (exact) mass is 376 g/mol. The lowest BCUT2D eigenvalue weighted by atomic mass is 10.1. The number of anilines is 1. The molecule has 0 aliphatic carbocycles. The molecule has 0 aliphatic heterocycles. The lowest BCUT2D eigenvalue weighted by Crippen LogP contribution is -2.14. The van der Waals surface area contributed by atoms with Crippen molar-refractivity contribution in [3.8, 4) is 0 Å². The van der Waals surface area contributed by atoms with Crippen molar-refractivity contribution in [2.45, 2.75) is 26.3 Å². The van der Waals surface area contributed by atoms with Crippen LogP contribution in [0.5, 0.6) is 0 Å². The fraction of sp³-hybridized carbons (Fsp3) is 0.190. The van der Waals surface area contributed by atoms with E-state index in [9.17, 15) is 4.79 Å². The minimum atomic E-state index is -0.0492.